The summed E-state index contributed by atoms with van der Waals surface area (Å²) in [6.07, 6.45) is 6.29. The van der Waals surface area contributed by atoms with Gasteiger partial charge in [-0.15, -0.1) is 0 Å². The maximum Gasteiger partial charge on any atom is 0.305 e. The van der Waals surface area contributed by atoms with Crippen LogP contribution >= 0.6 is 0 Å². The number of aliphatic hydroxyl groups is 1. The molecule has 0 aromatic heterocycles. The number of hydrogen-bond donors (Lipinski definition) is 2. The minimum absolute atomic E-state index is 0.0976. The number of rotatable bonds is 7. The number of methoxy groups -OCH3 is 1. The van der Waals surface area contributed by atoms with Crippen molar-refractivity contribution in [1.82, 2.24) is 10.2 Å². The Hall–Kier alpha value is -0.650. The first-order valence-corrected chi connectivity index (χ1v) is 7.88. The Morgan fingerprint density at radius 2 is 2.20 bits per heavy atom. The zero-order valence-electron chi connectivity index (χ0n) is 12.5. The Bertz CT molecular complexity index is 307. The van der Waals surface area contributed by atoms with Crippen molar-refractivity contribution in [1.29, 1.82) is 0 Å². The average molecular weight is 284 g/mol. The van der Waals surface area contributed by atoms with Crippen molar-refractivity contribution in [2.24, 2.45) is 5.92 Å². The average Bonchev–Trinajstić information content (AvgIpc) is 2.36. The lowest BCUT2D eigenvalue weighted by Crippen LogP contribution is -2.54. The van der Waals surface area contributed by atoms with Crippen LogP contribution in [0.25, 0.3) is 0 Å². The van der Waals surface area contributed by atoms with Gasteiger partial charge in [0.1, 0.15) is 0 Å². The minimum Gasteiger partial charge on any atom is -0.469 e. The molecule has 2 unspecified atom stereocenters. The molecule has 2 fully saturated rings. The van der Waals surface area contributed by atoms with Gasteiger partial charge in [0.05, 0.1) is 7.11 Å². The van der Waals surface area contributed by atoms with Crippen LogP contribution in [0.15, 0.2) is 0 Å². The predicted octanol–water partition coefficient (Wildman–Crippen LogP) is 0.765. The fraction of sp³-hybridized carbons (Fsp3) is 0.933. The van der Waals surface area contributed by atoms with Crippen molar-refractivity contribution < 1.29 is 14.6 Å². The highest BCUT2D eigenvalue weighted by Gasteiger charge is 2.34. The molecule has 2 rings (SSSR count). The zero-order valence-corrected chi connectivity index (χ0v) is 12.5. The fourth-order valence-corrected chi connectivity index (χ4v) is 3.29. The van der Waals surface area contributed by atoms with Crippen LogP contribution in [0.1, 0.15) is 38.5 Å². The number of nitrogens with zero attached hydrogens (tertiary/aromatic N) is 1. The number of nitrogens with one attached hydrogen (secondary N) is 1. The SMILES string of the molecule is COC(=O)CC1CC(NCCCO)CN(C2CCC2)C1. The predicted molar refractivity (Wildman–Crippen MR) is 77.4 cm³/mol. The summed E-state index contributed by atoms with van der Waals surface area (Å²) in [5.41, 5.74) is 0. The molecule has 0 bridgehead atoms. The van der Waals surface area contributed by atoms with Gasteiger partial charge in [0.15, 0.2) is 0 Å². The molecule has 1 saturated carbocycles. The Morgan fingerprint density at radius 3 is 2.80 bits per heavy atom. The molecule has 5 heteroatoms. The molecular formula is C15H28N2O3. The molecule has 2 N–H and O–H groups in total. The zero-order chi connectivity index (χ0) is 14.4. The van der Waals surface area contributed by atoms with Crippen molar-refractivity contribution in [2.75, 3.05) is 33.4 Å². The number of likely N-dealkylation sites (tertiary alicyclic amines) is 1. The standard InChI is InChI=1S/C15H28N2O3/c1-20-15(19)9-12-8-13(16-6-3-7-18)11-17(10-12)14-4-2-5-14/h12-14,16,18H,2-11H2,1H3. The van der Waals surface area contributed by atoms with Crippen molar-refractivity contribution in [3.8, 4) is 0 Å². The van der Waals surface area contributed by atoms with Crippen LogP contribution in [0, 0.1) is 5.92 Å². The summed E-state index contributed by atoms with van der Waals surface area (Å²) >= 11 is 0. The smallest absolute Gasteiger partial charge is 0.305 e. The van der Waals surface area contributed by atoms with Gasteiger partial charge in [0, 0.05) is 38.2 Å². The number of piperidine rings is 1. The third-order valence-electron chi connectivity index (χ3n) is 4.61. The van der Waals surface area contributed by atoms with Crippen LogP contribution in [0.4, 0.5) is 0 Å². The molecule has 0 spiro atoms. The normalized spacial score (nSPS) is 28.1. The minimum atomic E-state index is -0.0976. The van der Waals surface area contributed by atoms with Gasteiger partial charge in [-0.05, 0) is 38.1 Å². The van der Waals surface area contributed by atoms with Crippen LogP contribution in [0.2, 0.25) is 0 Å². The summed E-state index contributed by atoms with van der Waals surface area (Å²) in [6, 6.07) is 1.16. The highest BCUT2D eigenvalue weighted by molar-refractivity contribution is 5.69. The summed E-state index contributed by atoms with van der Waals surface area (Å²) in [7, 11) is 1.46. The second-order valence-electron chi connectivity index (χ2n) is 6.15. The van der Waals surface area contributed by atoms with E-state index < -0.39 is 0 Å². The number of ether oxygens (including phenoxy) is 1. The van der Waals surface area contributed by atoms with E-state index in [1.807, 2.05) is 0 Å². The lowest BCUT2D eigenvalue weighted by atomic mass is 9.85. The number of carbonyl (C=O) groups excluding carboxylic acids is 1. The van der Waals surface area contributed by atoms with E-state index in [4.69, 9.17) is 9.84 Å². The van der Waals surface area contributed by atoms with Crippen LogP contribution in [-0.4, -0.2) is 61.4 Å². The maximum absolute atomic E-state index is 11.5. The topological polar surface area (TPSA) is 61.8 Å². The Balaban J connectivity index is 1.85. The largest absolute Gasteiger partial charge is 0.469 e. The first kappa shape index (κ1) is 15.7. The van der Waals surface area contributed by atoms with Crippen LogP contribution < -0.4 is 5.32 Å². The van der Waals surface area contributed by atoms with Gasteiger partial charge >= 0.3 is 5.97 Å². The van der Waals surface area contributed by atoms with Crippen molar-refractivity contribution in [3.63, 3.8) is 0 Å². The van der Waals surface area contributed by atoms with E-state index in [-0.39, 0.29) is 12.6 Å². The molecule has 116 valence electrons. The lowest BCUT2D eigenvalue weighted by molar-refractivity contribution is -0.142. The molecule has 1 aliphatic carbocycles. The van der Waals surface area contributed by atoms with E-state index in [1.54, 1.807) is 0 Å². The number of hydrogen-bond acceptors (Lipinski definition) is 5. The van der Waals surface area contributed by atoms with Gasteiger partial charge in [-0.2, -0.15) is 0 Å². The summed E-state index contributed by atoms with van der Waals surface area (Å²) in [4.78, 5) is 14.1. The Labute approximate surface area is 121 Å². The molecule has 0 amide bonds. The van der Waals surface area contributed by atoms with Crippen molar-refractivity contribution in [3.05, 3.63) is 0 Å². The Kier molecular flexibility index (Phi) is 6.26. The van der Waals surface area contributed by atoms with Crippen LogP contribution in [0.3, 0.4) is 0 Å². The highest BCUT2D eigenvalue weighted by atomic mass is 16.5. The third kappa shape index (κ3) is 4.43. The summed E-state index contributed by atoms with van der Waals surface area (Å²) in [5.74, 6) is 0.294. The molecule has 0 aromatic rings. The molecule has 1 saturated heterocycles. The summed E-state index contributed by atoms with van der Waals surface area (Å²) in [6.45, 7) is 3.19. The van der Waals surface area contributed by atoms with Crippen LogP contribution in [-0.2, 0) is 9.53 Å². The van der Waals surface area contributed by atoms with Gasteiger partial charge in [-0.3, -0.25) is 9.69 Å². The van der Waals surface area contributed by atoms with E-state index >= 15 is 0 Å². The highest BCUT2D eigenvalue weighted by Crippen LogP contribution is 2.30. The monoisotopic (exact) mass is 284 g/mol. The second-order valence-corrected chi connectivity index (χ2v) is 6.15. The van der Waals surface area contributed by atoms with Crippen molar-refractivity contribution >= 4 is 5.97 Å². The second kappa shape index (κ2) is 7.96. The summed E-state index contributed by atoms with van der Waals surface area (Å²) in [5, 5.41) is 12.4. The quantitative estimate of drug-likeness (QED) is 0.534. The molecule has 0 radical (unpaired) electrons. The first-order chi connectivity index (χ1) is 9.72. The molecule has 0 aromatic carbocycles. The number of esters is 1. The maximum atomic E-state index is 11.5. The van der Waals surface area contributed by atoms with Crippen LogP contribution in [0.5, 0.6) is 0 Å². The first-order valence-electron chi connectivity index (χ1n) is 7.88. The molecule has 5 nitrogen and oxygen atoms in total. The third-order valence-corrected chi connectivity index (χ3v) is 4.61. The van der Waals surface area contributed by atoms with E-state index in [1.165, 1.54) is 26.4 Å². The fourth-order valence-electron chi connectivity index (χ4n) is 3.29. The van der Waals surface area contributed by atoms with Gasteiger partial charge < -0.3 is 15.2 Å². The van der Waals surface area contributed by atoms with E-state index in [0.717, 1.165) is 38.5 Å². The van der Waals surface area contributed by atoms with E-state index in [2.05, 4.69) is 10.2 Å². The molecule has 1 heterocycles. The number of aliphatic hydroxyl groups excluding tert-OH is 1. The van der Waals surface area contributed by atoms with Crippen molar-refractivity contribution in [2.45, 2.75) is 50.6 Å². The van der Waals surface area contributed by atoms with Gasteiger partial charge in [0.2, 0.25) is 0 Å². The summed E-state index contributed by atoms with van der Waals surface area (Å²) < 4.78 is 4.81. The van der Waals surface area contributed by atoms with Gasteiger partial charge in [-0.1, -0.05) is 6.42 Å². The molecular weight excluding hydrogens is 256 g/mol. The van der Waals surface area contributed by atoms with E-state index in [9.17, 15) is 4.79 Å². The van der Waals surface area contributed by atoms with Gasteiger partial charge in [-0.25, -0.2) is 0 Å². The number of carbonyl (C=O) groups is 1. The lowest BCUT2D eigenvalue weighted by Gasteiger charge is -2.45. The molecule has 2 atom stereocenters. The van der Waals surface area contributed by atoms with Gasteiger partial charge in [0.25, 0.3) is 0 Å². The molecule has 2 aliphatic rings. The molecule has 20 heavy (non-hydrogen) atoms. The Morgan fingerprint density at radius 1 is 1.40 bits per heavy atom. The molecule has 1 aliphatic heterocycles. The van der Waals surface area contributed by atoms with E-state index in [0.29, 0.717) is 18.4 Å².